The molecule has 5 atom stereocenters. The third kappa shape index (κ3) is 5.86. The highest BCUT2D eigenvalue weighted by Crippen LogP contribution is 2.49. The molecule has 224 valence electrons. The molecule has 1 fully saturated rings. The first-order chi connectivity index (χ1) is 19.3. The molecule has 3 aromatic rings. The first-order valence-electron chi connectivity index (χ1n) is 12.3. The lowest BCUT2D eigenvalue weighted by Gasteiger charge is -2.29. The first-order valence-corrected chi connectivity index (χ1v) is 13.9. The van der Waals surface area contributed by atoms with Gasteiger partial charge in [-0.15, -0.1) is 6.42 Å². The number of nitrogens with zero attached hydrogens (tertiary/aromatic N) is 3. The molecule has 0 radical (unpaired) electrons. The molecule has 3 heterocycles. The molecule has 0 saturated carbocycles. The number of nitrogens with one attached hydrogen (secondary N) is 1. The fraction of sp³-hybridized carbons (Fsp3) is 0.423. The molecule has 1 aliphatic heterocycles. The van der Waals surface area contributed by atoms with Gasteiger partial charge in [0.2, 0.25) is 0 Å². The highest BCUT2D eigenvalue weighted by molar-refractivity contribution is 7.52. The van der Waals surface area contributed by atoms with Crippen LogP contribution in [0.5, 0.6) is 11.5 Å². The van der Waals surface area contributed by atoms with Gasteiger partial charge in [0.15, 0.2) is 11.9 Å². The van der Waals surface area contributed by atoms with Crippen LogP contribution in [0.15, 0.2) is 36.8 Å². The zero-order valence-corrected chi connectivity index (χ0v) is 23.9. The van der Waals surface area contributed by atoms with E-state index in [1.165, 1.54) is 57.3 Å². The van der Waals surface area contributed by atoms with Crippen LogP contribution < -0.4 is 20.1 Å². The number of carbonyl (C=O) groups is 1. The number of carbonyl (C=O) groups excluding carboxylic acids is 1. The summed E-state index contributed by atoms with van der Waals surface area (Å²) in [5.74, 6) is 2.43. The number of hydrogen-bond donors (Lipinski definition) is 3. The van der Waals surface area contributed by atoms with Crippen molar-refractivity contribution in [3.8, 4) is 23.8 Å². The number of alkyl halides is 1. The van der Waals surface area contributed by atoms with Crippen LogP contribution in [0.2, 0.25) is 0 Å². The number of esters is 1. The lowest BCUT2D eigenvalue weighted by Crippen LogP contribution is -2.47. The van der Waals surface area contributed by atoms with Gasteiger partial charge in [-0.1, -0.05) is 5.92 Å². The molecule has 4 rings (SSSR count). The Balaban J connectivity index is 0.00000323. The van der Waals surface area contributed by atoms with E-state index in [1.54, 1.807) is 12.1 Å². The van der Waals surface area contributed by atoms with Gasteiger partial charge >= 0.3 is 13.7 Å². The quantitative estimate of drug-likeness (QED) is 0.178. The second-order valence-corrected chi connectivity index (χ2v) is 11.6. The number of nitrogens with two attached hydrogens (primary N) is 1. The van der Waals surface area contributed by atoms with E-state index in [-0.39, 0.29) is 20.1 Å². The monoisotopic (exact) mass is 595 g/mol. The maximum atomic E-state index is 16.0. The van der Waals surface area contributed by atoms with Crippen molar-refractivity contribution in [3.63, 3.8) is 0 Å². The van der Waals surface area contributed by atoms with Crippen LogP contribution in [0.25, 0.3) is 11.0 Å². The van der Waals surface area contributed by atoms with E-state index in [0.29, 0.717) is 16.7 Å². The Hall–Kier alpha value is -3.73. The number of nitrogen functional groups attached to an aromatic ring is 1. The number of aromatic nitrogens is 3. The number of aliphatic hydroxyl groups is 1. The molecule has 0 amide bonds. The normalized spacial score (nSPS) is 24.0. The Morgan fingerprint density at radius 2 is 2.00 bits per heavy atom. The predicted molar refractivity (Wildman–Crippen MR) is 150 cm³/mol. The van der Waals surface area contributed by atoms with Crippen molar-refractivity contribution in [2.45, 2.75) is 50.4 Å². The standard InChI is InChI=1S/C26H31FN5O8P.2H2/c1-7-15-12-32(22-19(15)21(28)29-14-30-22)23-26(4,27)20(33)18(39-23)13-38-41(35,31-25(2,3)24(34)37-6)40-17-10-8-16(36-5)9-11-17;;/h1,8-12,14,18,20,23,33H,13H2,2-6H3,(H,31,35)(H2,28,29,30);2*1H/t18-,20-,23-,26-,41?;;/m1../s1. The highest BCUT2D eigenvalue weighted by atomic mass is 31.2. The molecule has 4 N–H and O–H groups in total. The summed E-state index contributed by atoms with van der Waals surface area (Å²) in [7, 11) is -1.74. The van der Waals surface area contributed by atoms with Gasteiger partial charge in [-0.05, 0) is 45.0 Å². The number of benzene rings is 1. The maximum absolute atomic E-state index is 16.0. The molecule has 15 heteroatoms. The average molecular weight is 596 g/mol. The van der Waals surface area contributed by atoms with Crippen LogP contribution in [0.3, 0.4) is 0 Å². The second-order valence-electron chi connectivity index (χ2n) is 9.96. The van der Waals surface area contributed by atoms with Gasteiger partial charge in [0.05, 0.1) is 31.8 Å². The van der Waals surface area contributed by atoms with E-state index >= 15 is 4.39 Å². The molecular weight excluding hydrogens is 560 g/mol. The number of methoxy groups -OCH3 is 2. The summed E-state index contributed by atoms with van der Waals surface area (Å²) >= 11 is 0. The van der Waals surface area contributed by atoms with Gasteiger partial charge in [0.25, 0.3) is 0 Å². The van der Waals surface area contributed by atoms with E-state index in [1.807, 2.05) is 0 Å². The molecule has 41 heavy (non-hydrogen) atoms. The molecule has 1 saturated heterocycles. The third-order valence-electron chi connectivity index (χ3n) is 6.57. The average Bonchev–Trinajstić information content (AvgIpc) is 3.41. The molecule has 0 bridgehead atoms. The predicted octanol–water partition coefficient (Wildman–Crippen LogP) is 3.23. The summed E-state index contributed by atoms with van der Waals surface area (Å²) in [5, 5.41) is 13.8. The smallest absolute Gasteiger partial charge is 0.459 e. The Morgan fingerprint density at radius 3 is 2.61 bits per heavy atom. The Labute approximate surface area is 238 Å². The molecule has 1 unspecified atom stereocenters. The van der Waals surface area contributed by atoms with Crippen LogP contribution in [0, 0.1) is 12.3 Å². The van der Waals surface area contributed by atoms with Gasteiger partial charge in [0.1, 0.15) is 47.0 Å². The summed E-state index contributed by atoms with van der Waals surface area (Å²) < 4.78 is 58.3. The summed E-state index contributed by atoms with van der Waals surface area (Å²) in [6.07, 6.45) is 3.71. The summed E-state index contributed by atoms with van der Waals surface area (Å²) in [6, 6.07) is 6.09. The maximum Gasteiger partial charge on any atom is 0.459 e. The summed E-state index contributed by atoms with van der Waals surface area (Å²) in [5.41, 5.74) is 2.56. The van der Waals surface area contributed by atoms with Crippen molar-refractivity contribution in [3.05, 3.63) is 42.4 Å². The van der Waals surface area contributed by atoms with E-state index in [4.69, 9.17) is 35.4 Å². The fourth-order valence-electron chi connectivity index (χ4n) is 4.42. The number of terminal acetylenes is 1. The Kier molecular flexibility index (Phi) is 8.31. The topological polar surface area (TPSA) is 169 Å². The first kappa shape index (κ1) is 30.2. The van der Waals surface area contributed by atoms with Crippen LogP contribution in [-0.2, 0) is 23.4 Å². The molecule has 1 aromatic carbocycles. The fourth-order valence-corrected chi connectivity index (χ4v) is 6.10. The van der Waals surface area contributed by atoms with Gasteiger partial charge in [-0.25, -0.2) is 18.9 Å². The SMILES string of the molecule is C#Cc1cn([C@@H]2O[C@H](COP(=O)(NC(C)(C)C(=O)OC)Oc3ccc(OC)cc3)[C@@H](O)[C@@]2(C)F)c2ncnc(N)c12.[HH].[HH]. The van der Waals surface area contributed by atoms with Crippen molar-refractivity contribution < 1.29 is 45.0 Å². The summed E-state index contributed by atoms with van der Waals surface area (Å²) in [6.45, 7) is 3.36. The minimum Gasteiger partial charge on any atom is -0.497 e. The number of fused-ring (bicyclic) bond motifs is 1. The molecule has 0 aliphatic carbocycles. The minimum atomic E-state index is -4.39. The van der Waals surface area contributed by atoms with Crippen molar-refractivity contribution in [1.29, 1.82) is 0 Å². The van der Waals surface area contributed by atoms with Crippen molar-refractivity contribution >= 4 is 30.6 Å². The van der Waals surface area contributed by atoms with Gasteiger partial charge < -0.3 is 34.1 Å². The Bertz CT molecular complexity index is 1530. The van der Waals surface area contributed by atoms with Crippen molar-refractivity contribution in [2.24, 2.45) is 0 Å². The van der Waals surface area contributed by atoms with Gasteiger partial charge in [-0.2, -0.15) is 5.09 Å². The highest BCUT2D eigenvalue weighted by Gasteiger charge is 2.56. The molecule has 2 aromatic heterocycles. The van der Waals surface area contributed by atoms with Crippen molar-refractivity contribution in [1.82, 2.24) is 19.6 Å². The molecule has 0 spiro atoms. The second kappa shape index (κ2) is 11.3. The lowest BCUT2D eigenvalue weighted by atomic mass is 9.98. The Morgan fingerprint density at radius 1 is 1.34 bits per heavy atom. The summed E-state index contributed by atoms with van der Waals surface area (Å²) in [4.78, 5) is 20.4. The number of anilines is 1. The molecule has 13 nitrogen and oxygen atoms in total. The van der Waals surface area contributed by atoms with Crippen LogP contribution in [-0.4, -0.2) is 69.9 Å². The third-order valence-corrected chi connectivity index (χ3v) is 8.34. The molecule has 1 aliphatic rings. The zero-order valence-electron chi connectivity index (χ0n) is 23.0. The van der Waals surface area contributed by atoms with E-state index in [9.17, 15) is 14.5 Å². The van der Waals surface area contributed by atoms with Gasteiger partial charge in [-0.3, -0.25) is 9.32 Å². The van der Waals surface area contributed by atoms with E-state index < -0.39 is 50.0 Å². The van der Waals surface area contributed by atoms with E-state index in [0.717, 1.165) is 6.92 Å². The van der Waals surface area contributed by atoms with Crippen LogP contribution in [0.1, 0.15) is 35.4 Å². The number of hydrogen-bond acceptors (Lipinski definition) is 11. The lowest BCUT2D eigenvalue weighted by molar-refractivity contribution is -0.146. The number of ether oxygens (including phenoxy) is 3. The minimum absolute atomic E-state index is 0. The van der Waals surface area contributed by atoms with Crippen LogP contribution in [0.4, 0.5) is 10.2 Å². The number of rotatable bonds is 10. The van der Waals surface area contributed by atoms with Crippen LogP contribution >= 0.6 is 7.75 Å². The van der Waals surface area contributed by atoms with E-state index in [2.05, 4.69) is 21.0 Å². The molecular formula is C26H35FN5O8P. The number of aliphatic hydroxyl groups excluding tert-OH is 1. The number of halogens is 1. The largest absolute Gasteiger partial charge is 0.497 e. The zero-order chi connectivity index (χ0) is 30.2. The van der Waals surface area contributed by atoms with Crippen molar-refractivity contribution in [2.75, 3.05) is 26.6 Å². The van der Waals surface area contributed by atoms with Gasteiger partial charge in [0, 0.05) is 9.05 Å².